The molecule has 1 heterocycles. The molecule has 3 aromatic rings. The highest BCUT2D eigenvalue weighted by Gasteiger charge is 2.01. The molecular weight excluding hydrogens is 282 g/mol. The summed E-state index contributed by atoms with van der Waals surface area (Å²) in [6.07, 6.45) is 0. The van der Waals surface area contributed by atoms with Crippen molar-refractivity contribution < 1.29 is 0 Å². The second kappa shape index (κ2) is 5.62. The van der Waals surface area contributed by atoms with E-state index in [4.69, 9.17) is 11.6 Å². The van der Waals surface area contributed by atoms with E-state index in [2.05, 4.69) is 27.3 Å². The van der Waals surface area contributed by atoms with Gasteiger partial charge in [0.1, 0.15) is 5.82 Å². The summed E-state index contributed by atoms with van der Waals surface area (Å²) < 4.78 is 0. The van der Waals surface area contributed by atoms with Gasteiger partial charge in [0.05, 0.1) is 5.52 Å². The standard InChI is InChI=1S/C17H16ClN3/c1-21(2)15-7-5-14(6-8-15)19-17-10-3-12-11-13(18)4-9-16(12)20-17/h3-11H,1-2H3,(H,19,20). The number of rotatable bonds is 3. The van der Waals surface area contributed by atoms with Crippen LogP contribution in [0.4, 0.5) is 17.2 Å². The van der Waals surface area contributed by atoms with Gasteiger partial charge in [-0.2, -0.15) is 0 Å². The van der Waals surface area contributed by atoms with Gasteiger partial charge >= 0.3 is 0 Å². The van der Waals surface area contributed by atoms with Crippen LogP contribution in [0.15, 0.2) is 54.6 Å². The summed E-state index contributed by atoms with van der Waals surface area (Å²) >= 11 is 5.98. The summed E-state index contributed by atoms with van der Waals surface area (Å²) in [5.41, 5.74) is 3.11. The van der Waals surface area contributed by atoms with Crippen molar-refractivity contribution in [3.8, 4) is 0 Å². The van der Waals surface area contributed by atoms with Crippen molar-refractivity contribution in [1.29, 1.82) is 0 Å². The second-order valence-corrected chi connectivity index (χ2v) is 5.54. The molecule has 0 bridgehead atoms. The average Bonchev–Trinajstić information content (AvgIpc) is 2.48. The van der Waals surface area contributed by atoms with Gasteiger partial charge in [-0.25, -0.2) is 4.98 Å². The van der Waals surface area contributed by atoms with E-state index in [0.29, 0.717) is 0 Å². The average molecular weight is 298 g/mol. The van der Waals surface area contributed by atoms with E-state index in [1.165, 1.54) is 5.69 Å². The molecule has 0 fully saturated rings. The monoisotopic (exact) mass is 297 g/mol. The van der Waals surface area contributed by atoms with Crippen molar-refractivity contribution in [3.05, 3.63) is 59.6 Å². The van der Waals surface area contributed by atoms with Crippen LogP contribution in [0.2, 0.25) is 5.02 Å². The Labute approximate surface area is 129 Å². The minimum Gasteiger partial charge on any atom is -0.378 e. The van der Waals surface area contributed by atoms with Gasteiger partial charge in [0.25, 0.3) is 0 Å². The van der Waals surface area contributed by atoms with Crippen molar-refractivity contribution in [2.45, 2.75) is 0 Å². The summed E-state index contributed by atoms with van der Waals surface area (Å²) in [6.45, 7) is 0. The summed E-state index contributed by atoms with van der Waals surface area (Å²) in [4.78, 5) is 6.66. The molecule has 2 aromatic carbocycles. The first kappa shape index (κ1) is 13.7. The van der Waals surface area contributed by atoms with Crippen molar-refractivity contribution >= 4 is 39.7 Å². The Balaban J connectivity index is 1.85. The van der Waals surface area contributed by atoms with Crippen LogP contribution < -0.4 is 10.2 Å². The van der Waals surface area contributed by atoms with E-state index in [1.54, 1.807) is 0 Å². The number of aromatic nitrogens is 1. The van der Waals surface area contributed by atoms with Crippen LogP contribution in [0, 0.1) is 0 Å². The molecule has 0 radical (unpaired) electrons. The first-order valence-electron chi connectivity index (χ1n) is 6.72. The number of anilines is 3. The maximum absolute atomic E-state index is 5.98. The van der Waals surface area contributed by atoms with Crippen LogP contribution in [-0.2, 0) is 0 Å². The number of hydrogen-bond donors (Lipinski definition) is 1. The third-order valence-corrected chi connectivity index (χ3v) is 3.54. The number of hydrogen-bond acceptors (Lipinski definition) is 3. The molecule has 0 unspecified atom stereocenters. The SMILES string of the molecule is CN(C)c1ccc(Nc2ccc3cc(Cl)ccc3n2)cc1. The van der Waals surface area contributed by atoms with Gasteiger partial charge in [-0.15, -0.1) is 0 Å². The van der Waals surface area contributed by atoms with Crippen LogP contribution in [-0.4, -0.2) is 19.1 Å². The van der Waals surface area contributed by atoms with Gasteiger partial charge in [0.2, 0.25) is 0 Å². The normalized spacial score (nSPS) is 10.6. The van der Waals surface area contributed by atoms with E-state index in [9.17, 15) is 0 Å². The number of nitrogens with one attached hydrogen (secondary N) is 1. The van der Waals surface area contributed by atoms with Crippen molar-refractivity contribution in [2.24, 2.45) is 0 Å². The van der Waals surface area contributed by atoms with Gasteiger partial charge in [0, 0.05) is 35.9 Å². The molecule has 0 amide bonds. The molecule has 3 rings (SSSR count). The molecule has 1 N–H and O–H groups in total. The molecule has 0 saturated carbocycles. The van der Waals surface area contributed by atoms with Crippen LogP contribution in [0.1, 0.15) is 0 Å². The molecule has 0 saturated heterocycles. The van der Waals surface area contributed by atoms with Gasteiger partial charge in [-0.1, -0.05) is 11.6 Å². The largest absolute Gasteiger partial charge is 0.378 e. The Kier molecular flexibility index (Phi) is 3.67. The van der Waals surface area contributed by atoms with Gasteiger partial charge in [-0.05, 0) is 54.6 Å². The lowest BCUT2D eigenvalue weighted by atomic mass is 10.2. The van der Waals surface area contributed by atoms with Crippen molar-refractivity contribution in [1.82, 2.24) is 4.98 Å². The maximum atomic E-state index is 5.98. The first-order valence-corrected chi connectivity index (χ1v) is 7.10. The minimum atomic E-state index is 0.726. The molecule has 0 spiro atoms. The number of benzene rings is 2. The van der Waals surface area contributed by atoms with Gasteiger partial charge in [-0.3, -0.25) is 0 Å². The fourth-order valence-electron chi connectivity index (χ4n) is 2.16. The van der Waals surface area contributed by atoms with Crippen molar-refractivity contribution in [3.63, 3.8) is 0 Å². The topological polar surface area (TPSA) is 28.2 Å². The fraction of sp³-hybridized carbons (Fsp3) is 0.118. The molecular formula is C17H16ClN3. The zero-order valence-corrected chi connectivity index (χ0v) is 12.7. The van der Waals surface area contributed by atoms with Gasteiger partial charge in [0.15, 0.2) is 0 Å². The van der Waals surface area contributed by atoms with E-state index in [1.807, 2.05) is 56.6 Å². The number of fused-ring (bicyclic) bond motifs is 1. The summed E-state index contributed by atoms with van der Waals surface area (Å²) in [5.74, 6) is 0.822. The highest BCUT2D eigenvalue weighted by molar-refractivity contribution is 6.31. The Hall–Kier alpha value is -2.26. The van der Waals surface area contributed by atoms with Crippen LogP contribution in [0.3, 0.4) is 0 Å². The van der Waals surface area contributed by atoms with Crippen LogP contribution >= 0.6 is 11.6 Å². The highest BCUT2D eigenvalue weighted by Crippen LogP contribution is 2.23. The third-order valence-electron chi connectivity index (χ3n) is 3.31. The molecule has 0 aliphatic carbocycles. The van der Waals surface area contributed by atoms with E-state index in [0.717, 1.165) is 27.4 Å². The molecule has 1 aromatic heterocycles. The molecule has 21 heavy (non-hydrogen) atoms. The zero-order chi connectivity index (χ0) is 14.8. The van der Waals surface area contributed by atoms with Crippen LogP contribution in [0.25, 0.3) is 10.9 Å². The van der Waals surface area contributed by atoms with Crippen molar-refractivity contribution in [2.75, 3.05) is 24.3 Å². The smallest absolute Gasteiger partial charge is 0.131 e. The Morgan fingerprint density at radius 3 is 2.43 bits per heavy atom. The number of pyridine rings is 1. The molecule has 0 aliphatic heterocycles. The molecule has 0 aliphatic rings. The predicted octanol–water partition coefficient (Wildman–Crippen LogP) is 4.70. The lowest BCUT2D eigenvalue weighted by Gasteiger charge is -2.13. The van der Waals surface area contributed by atoms with Crippen LogP contribution in [0.5, 0.6) is 0 Å². The Bertz CT molecular complexity index is 767. The maximum Gasteiger partial charge on any atom is 0.131 e. The number of nitrogens with zero attached hydrogens (tertiary/aromatic N) is 2. The first-order chi connectivity index (χ1) is 10.1. The Morgan fingerprint density at radius 1 is 0.952 bits per heavy atom. The zero-order valence-electron chi connectivity index (χ0n) is 12.0. The lowest BCUT2D eigenvalue weighted by Crippen LogP contribution is -2.08. The minimum absolute atomic E-state index is 0.726. The summed E-state index contributed by atoms with van der Waals surface area (Å²) in [5, 5.41) is 5.08. The van der Waals surface area contributed by atoms with E-state index < -0.39 is 0 Å². The van der Waals surface area contributed by atoms with Gasteiger partial charge < -0.3 is 10.2 Å². The summed E-state index contributed by atoms with van der Waals surface area (Å²) in [7, 11) is 4.05. The second-order valence-electron chi connectivity index (χ2n) is 5.10. The molecule has 106 valence electrons. The quantitative estimate of drug-likeness (QED) is 0.759. The molecule has 0 atom stereocenters. The predicted molar refractivity (Wildman–Crippen MR) is 90.8 cm³/mol. The highest BCUT2D eigenvalue weighted by atomic mass is 35.5. The Morgan fingerprint density at radius 2 is 1.71 bits per heavy atom. The van der Waals surface area contributed by atoms with E-state index in [-0.39, 0.29) is 0 Å². The molecule has 4 heteroatoms. The summed E-state index contributed by atoms with van der Waals surface area (Å²) in [6, 6.07) is 17.9. The third kappa shape index (κ3) is 3.09. The lowest BCUT2D eigenvalue weighted by molar-refractivity contribution is 1.13. The van der Waals surface area contributed by atoms with E-state index >= 15 is 0 Å². The molecule has 3 nitrogen and oxygen atoms in total. The fourth-order valence-corrected chi connectivity index (χ4v) is 2.34. The number of halogens is 1.